The molecule has 0 aromatic carbocycles. The first-order valence-corrected chi connectivity index (χ1v) is 27.8. The fraction of sp³-hybridized carbons (Fsp3) is 0.877. The van der Waals surface area contributed by atoms with E-state index in [2.05, 4.69) is 45.1 Å². The molecule has 0 amide bonds. The normalized spacial score (nSPS) is 12.1. The summed E-state index contributed by atoms with van der Waals surface area (Å²) in [5.41, 5.74) is 0. The lowest BCUT2D eigenvalue weighted by atomic mass is 10.0. The van der Waals surface area contributed by atoms with E-state index in [1.54, 1.807) is 0 Å². The van der Waals surface area contributed by atoms with Crippen molar-refractivity contribution >= 4 is 17.9 Å². The minimum Gasteiger partial charge on any atom is -0.462 e. The highest BCUT2D eigenvalue weighted by atomic mass is 16.6. The van der Waals surface area contributed by atoms with Crippen LogP contribution in [-0.4, -0.2) is 37.2 Å². The summed E-state index contributed by atoms with van der Waals surface area (Å²) in [5, 5.41) is 0. The van der Waals surface area contributed by atoms with Crippen LogP contribution in [0.5, 0.6) is 0 Å². The second kappa shape index (κ2) is 52.5. The van der Waals surface area contributed by atoms with Crippen molar-refractivity contribution in [3.8, 4) is 0 Å². The van der Waals surface area contributed by atoms with Crippen molar-refractivity contribution in [2.45, 2.75) is 309 Å². The number of rotatable bonds is 51. The Bertz CT molecular complexity index is 1020. The van der Waals surface area contributed by atoms with Crippen LogP contribution in [-0.2, 0) is 28.6 Å². The number of allylic oxidation sites excluding steroid dienone is 4. The third-order valence-corrected chi connectivity index (χ3v) is 12.5. The van der Waals surface area contributed by atoms with Gasteiger partial charge in [-0.2, -0.15) is 0 Å². The number of ether oxygens (including phenoxy) is 3. The van der Waals surface area contributed by atoms with Gasteiger partial charge in [-0.05, 0) is 44.9 Å². The quantitative estimate of drug-likeness (QED) is 0.0262. The smallest absolute Gasteiger partial charge is 0.306 e. The summed E-state index contributed by atoms with van der Waals surface area (Å²) in [7, 11) is 0. The lowest BCUT2D eigenvalue weighted by molar-refractivity contribution is -0.167. The monoisotopic (exact) mass is 887 g/mol. The maximum absolute atomic E-state index is 12.8. The van der Waals surface area contributed by atoms with Crippen LogP contribution < -0.4 is 0 Å². The van der Waals surface area contributed by atoms with E-state index in [4.69, 9.17) is 14.2 Å². The Morgan fingerprint density at radius 2 is 0.587 bits per heavy atom. The molecule has 370 valence electrons. The molecule has 0 fully saturated rings. The molecule has 0 bridgehead atoms. The molecule has 0 aliphatic carbocycles. The molecule has 6 nitrogen and oxygen atoms in total. The average Bonchev–Trinajstić information content (AvgIpc) is 3.28. The zero-order valence-electron chi connectivity index (χ0n) is 42.4. The van der Waals surface area contributed by atoms with Gasteiger partial charge in [-0.1, -0.05) is 263 Å². The van der Waals surface area contributed by atoms with Crippen LogP contribution in [0.15, 0.2) is 24.3 Å². The molecule has 0 radical (unpaired) electrons. The second-order valence-corrected chi connectivity index (χ2v) is 18.9. The fourth-order valence-electron chi connectivity index (χ4n) is 8.23. The van der Waals surface area contributed by atoms with Gasteiger partial charge in [0.2, 0.25) is 0 Å². The third kappa shape index (κ3) is 50.7. The van der Waals surface area contributed by atoms with Crippen LogP contribution in [0.3, 0.4) is 0 Å². The molecule has 0 aromatic heterocycles. The van der Waals surface area contributed by atoms with Crippen molar-refractivity contribution in [3.05, 3.63) is 24.3 Å². The average molecular weight is 887 g/mol. The standard InChI is InChI=1S/C57H106O6/c1-4-7-10-13-16-19-22-25-27-28-29-30-33-35-38-41-44-47-50-56(59)62-53-54(52-61-55(58)49-46-43-40-37-34-31-24-21-18-15-12-9-6-3)63-57(60)51-48-45-42-39-36-32-26-23-20-17-14-11-8-5-2/h14,17,23,26,54H,4-13,15-16,18-22,24-25,27-53H2,1-3H3/b17-14+,26-23+/t54-/m1/s1. The van der Waals surface area contributed by atoms with Gasteiger partial charge in [0.15, 0.2) is 6.10 Å². The molecule has 0 heterocycles. The lowest BCUT2D eigenvalue weighted by Crippen LogP contribution is -2.30. The van der Waals surface area contributed by atoms with Gasteiger partial charge in [-0.3, -0.25) is 14.4 Å². The van der Waals surface area contributed by atoms with E-state index in [9.17, 15) is 14.4 Å². The Hall–Kier alpha value is -2.11. The van der Waals surface area contributed by atoms with E-state index < -0.39 is 6.10 Å². The Morgan fingerprint density at radius 3 is 0.921 bits per heavy atom. The van der Waals surface area contributed by atoms with Gasteiger partial charge in [0.25, 0.3) is 0 Å². The van der Waals surface area contributed by atoms with Crippen LogP contribution in [0.25, 0.3) is 0 Å². The lowest BCUT2D eigenvalue weighted by Gasteiger charge is -2.18. The second-order valence-electron chi connectivity index (χ2n) is 18.9. The number of carbonyl (C=O) groups excluding carboxylic acids is 3. The predicted octanol–water partition coefficient (Wildman–Crippen LogP) is 18.3. The van der Waals surface area contributed by atoms with Gasteiger partial charge in [0.1, 0.15) is 13.2 Å². The first kappa shape index (κ1) is 60.9. The summed E-state index contributed by atoms with van der Waals surface area (Å²) in [6.45, 7) is 6.63. The van der Waals surface area contributed by atoms with Crippen molar-refractivity contribution in [1.82, 2.24) is 0 Å². The molecule has 63 heavy (non-hydrogen) atoms. The van der Waals surface area contributed by atoms with E-state index in [-0.39, 0.29) is 31.1 Å². The minimum absolute atomic E-state index is 0.0717. The molecule has 0 saturated carbocycles. The molecular formula is C57H106O6. The number of esters is 3. The molecular weight excluding hydrogens is 781 g/mol. The number of carbonyl (C=O) groups is 3. The topological polar surface area (TPSA) is 78.9 Å². The van der Waals surface area contributed by atoms with Crippen molar-refractivity contribution in [1.29, 1.82) is 0 Å². The number of hydrogen-bond donors (Lipinski definition) is 0. The van der Waals surface area contributed by atoms with Gasteiger partial charge in [0, 0.05) is 19.3 Å². The summed E-state index contributed by atoms with van der Waals surface area (Å²) < 4.78 is 16.8. The van der Waals surface area contributed by atoms with Crippen molar-refractivity contribution in [3.63, 3.8) is 0 Å². The third-order valence-electron chi connectivity index (χ3n) is 12.5. The van der Waals surface area contributed by atoms with Crippen molar-refractivity contribution in [2.24, 2.45) is 0 Å². The Kier molecular flexibility index (Phi) is 50.8. The van der Waals surface area contributed by atoms with Gasteiger partial charge >= 0.3 is 17.9 Å². The molecule has 0 aliphatic rings. The SMILES string of the molecule is CCCC/C=C/C/C=C/CCCCCCCC(=O)O[C@H](COC(=O)CCCCCCCCCCCCCCC)COC(=O)CCCCCCCCCCCCCCCCCCCC. The first-order chi connectivity index (χ1) is 31.0. The van der Waals surface area contributed by atoms with Crippen LogP contribution in [0, 0.1) is 0 Å². The van der Waals surface area contributed by atoms with Gasteiger partial charge in [-0.25, -0.2) is 0 Å². The minimum atomic E-state index is -0.773. The zero-order chi connectivity index (χ0) is 45.8. The first-order valence-electron chi connectivity index (χ1n) is 27.8. The highest BCUT2D eigenvalue weighted by molar-refractivity contribution is 5.71. The van der Waals surface area contributed by atoms with Crippen molar-refractivity contribution < 1.29 is 28.6 Å². The highest BCUT2D eigenvalue weighted by Crippen LogP contribution is 2.17. The summed E-state index contributed by atoms with van der Waals surface area (Å²) in [6, 6.07) is 0. The Morgan fingerprint density at radius 1 is 0.317 bits per heavy atom. The summed E-state index contributed by atoms with van der Waals surface area (Å²) in [4.78, 5) is 38.0. The van der Waals surface area contributed by atoms with Crippen LogP contribution in [0.4, 0.5) is 0 Å². The molecule has 0 saturated heterocycles. The van der Waals surface area contributed by atoms with E-state index in [0.717, 1.165) is 83.5 Å². The van der Waals surface area contributed by atoms with E-state index >= 15 is 0 Å². The summed E-state index contributed by atoms with van der Waals surface area (Å²) >= 11 is 0. The number of unbranched alkanes of at least 4 members (excludes halogenated alkanes) is 36. The molecule has 0 aliphatic heterocycles. The molecule has 0 spiro atoms. The van der Waals surface area contributed by atoms with Crippen LogP contribution in [0.1, 0.15) is 303 Å². The molecule has 0 rings (SSSR count). The van der Waals surface area contributed by atoms with E-state index in [1.807, 2.05) is 0 Å². The van der Waals surface area contributed by atoms with Crippen molar-refractivity contribution in [2.75, 3.05) is 13.2 Å². The van der Waals surface area contributed by atoms with Crippen LogP contribution in [0.2, 0.25) is 0 Å². The van der Waals surface area contributed by atoms with E-state index in [1.165, 1.54) is 180 Å². The maximum Gasteiger partial charge on any atom is 0.306 e. The molecule has 1 atom stereocenters. The molecule has 0 N–H and O–H groups in total. The summed E-state index contributed by atoms with van der Waals surface area (Å²) in [6.07, 6.45) is 60.2. The molecule has 0 aromatic rings. The highest BCUT2D eigenvalue weighted by Gasteiger charge is 2.19. The van der Waals surface area contributed by atoms with Gasteiger partial charge < -0.3 is 14.2 Å². The fourth-order valence-corrected chi connectivity index (χ4v) is 8.23. The van der Waals surface area contributed by atoms with E-state index in [0.29, 0.717) is 19.3 Å². The zero-order valence-corrected chi connectivity index (χ0v) is 42.4. The number of hydrogen-bond acceptors (Lipinski definition) is 6. The molecule has 6 heteroatoms. The Balaban J connectivity index is 4.31. The molecule has 0 unspecified atom stereocenters. The summed E-state index contributed by atoms with van der Waals surface area (Å²) in [5.74, 6) is -0.867. The predicted molar refractivity (Wildman–Crippen MR) is 270 cm³/mol. The Labute approximate surface area is 392 Å². The van der Waals surface area contributed by atoms with Gasteiger partial charge in [0.05, 0.1) is 0 Å². The van der Waals surface area contributed by atoms with Crippen LogP contribution >= 0.6 is 0 Å². The van der Waals surface area contributed by atoms with Gasteiger partial charge in [-0.15, -0.1) is 0 Å². The largest absolute Gasteiger partial charge is 0.462 e. The maximum atomic E-state index is 12.8.